The molecule has 0 radical (unpaired) electrons. The van der Waals surface area contributed by atoms with Gasteiger partial charge in [-0.3, -0.25) is 0 Å². The molecular weight excluding hydrogens is 312 g/mol. The van der Waals surface area contributed by atoms with Gasteiger partial charge in [0, 0.05) is 6.20 Å². The summed E-state index contributed by atoms with van der Waals surface area (Å²) in [7, 11) is 0. The molecule has 1 saturated carbocycles. The molecule has 0 aliphatic heterocycles. The summed E-state index contributed by atoms with van der Waals surface area (Å²) < 4.78 is 5.98. The molecule has 1 aromatic heterocycles. The number of benzene rings is 1. The van der Waals surface area contributed by atoms with Crippen LogP contribution in [0.2, 0.25) is 0 Å². The molecule has 23 heavy (non-hydrogen) atoms. The summed E-state index contributed by atoms with van der Waals surface area (Å²) in [5.74, 6) is 6.04. The van der Waals surface area contributed by atoms with Crippen LogP contribution in [0.5, 0.6) is 0 Å². The van der Waals surface area contributed by atoms with E-state index in [0.29, 0.717) is 6.54 Å². The Hall–Kier alpha value is -2.12. The predicted octanol–water partition coefficient (Wildman–Crippen LogP) is 2.21. The molecule has 0 spiro atoms. The molecule has 1 heterocycles. The lowest BCUT2D eigenvalue weighted by Gasteiger charge is -2.12. The van der Waals surface area contributed by atoms with Crippen LogP contribution >= 0.6 is 11.3 Å². The number of fused-ring (bicyclic) bond motifs is 1. The van der Waals surface area contributed by atoms with Gasteiger partial charge in [-0.1, -0.05) is 6.07 Å². The first kappa shape index (κ1) is 15.8. The lowest BCUT2D eigenvalue weighted by atomic mass is 10.1. The van der Waals surface area contributed by atoms with E-state index in [1.165, 1.54) is 34.3 Å². The van der Waals surface area contributed by atoms with E-state index in [4.69, 9.17) is 16.3 Å². The second-order valence-electron chi connectivity index (χ2n) is 5.59. The number of nitrogens with zero attached hydrogens (tertiary/aromatic N) is 2. The molecule has 7 heteroatoms. The molecule has 0 saturated heterocycles. The highest BCUT2D eigenvalue weighted by Crippen LogP contribution is 2.41. The maximum atomic E-state index is 11.5. The number of nitrogens with two attached hydrogens (primary N) is 2. The van der Waals surface area contributed by atoms with Gasteiger partial charge in [-0.25, -0.2) is 15.6 Å². The van der Waals surface area contributed by atoms with Crippen molar-refractivity contribution < 1.29 is 9.53 Å². The van der Waals surface area contributed by atoms with Crippen molar-refractivity contribution in [2.24, 2.45) is 11.6 Å². The van der Waals surface area contributed by atoms with Crippen molar-refractivity contribution in [3.8, 4) is 0 Å². The van der Waals surface area contributed by atoms with Crippen molar-refractivity contribution >= 4 is 27.5 Å². The summed E-state index contributed by atoms with van der Waals surface area (Å²) in [6.45, 7) is 2.39. The van der Waals surface area contributed by atoms with Crippen LogP contribution in [-0.4, -0.2) is 22.6 Å². The third-order valence-electron chi connectivity index (χ3n) is 3.64. The normalized spacial score (nSPS) is 15.0. The number of aromatic nitrogens is 1. The molecule has 1 aromatic carbocycles. The number of rotatable bonds is 6. The average molecular weight is 332 g/mol. The number of hydrogen-bond acceptors (Lipinski definition) is 7. The molecule has 4 N–H and O–H groups in total. The molecule has 1 aliphatic rings. The molecule has 0 bridgehead atoms. The maximum absolute atomic E-state index is 11.5. The van der Waals surface area contributed by atoms with Crippen LogP contribution in [0.3, 0.4) is 0 Å². The number of hydrogen-bond donors (Lipinski definition) is 2. The number of esters is 1. The molecule has 6 nitrogen and oxygen atoms in total. The van der Waals surface area contributed by atoms with E-state index >= 15 is 0 Å². The standard InChI is InChI=1S/C16H20N4O2S/c1-2-22-16(21)12(17)8-20(18)9-15-19-13-6-5-11(10-3-4-10)7-14(13)23-15/h5-8,10H,2-4,9,17-18H2,1H3/b12-8-. The summed E-state index contributed by atoms with van der Waals surface area (Å²) in [4.78, 5) is 16.0. The predicted molar refractivity (Wildman–Crippen MR) is 90.2 cm³/mol. The summed E-state index contributed by atoms with van der Waals surface area (Å²) in [6.07, 6.45) is 3.94. The topological polar surface area (TPSA) is 94.5 Å². The Morgan fingerprint density at radius 1 is 1.52 bits per heavy atom. The highest BCUT2D eigenvalue weighted by Gasteiger charge is 2.23. The number of thiazole rings is 1. The fraction of sp³-hybridized carbons (Fsp3) is 0.375. The Kier molecular flexibility index (Phi) is 4.49. The van der Waals surface area contributed by atoms with Crippen LogP contribution in [0.15, 0.2) is 30.1 Å². The summed E-state index contributed by atoms with van der Waals surface area (Å²) in [5.41, 5.74) is 7.99. The number of ether oxygens (including phenoxy) is 1. The zero-order chi connectivity index (χ0) is 16.4. The molecule has 2 aromatic rings. The lowest BCUT2D eigenvalue weighted by molar-refractivity contribution is -0.138. The van der Waals surface area contributed by atoms with Crippen LogP contribution in [0.25, 0.3) is 10.2 Å². The van der Waals surface area contributed by atoms with Crippen LogP contribution in [0.4, 0.5) is 0 Å². The van der Waals surface area contributed by atoms with Gasteiger partial charge >= 0.3 is 5.97 Å². The van der Waals surface area contributed by atoms with Crippen LogP contribution in [-0.2, 0) is 16.1 Å². The van der Waals surface area contributed by atoms with Crippen LogP contribution in [0, 0.1) is 0 Å². The van der Waals surface area contributed by atoms with Crippen LogP contribution in [0.1, 0.15) is 36.3 Å². The Balaban J connectivity index is 1.70. The fourth-order valence-electron chi connectivity index (χ4n) is 2.37. The van der Waals surface area contributed by atoms with Gasteiger partial charge in [0.1, 0.15) is 10.7 Å². The van der Waals surface area contributed by atoms with E-state index in [-0.39, 0.29) is 12.3 Å². The highest BCUT2D eigenvalue weighted by molar-refractivity contribution is 7.18. The minimum atomic E-state index is -0.568. The summed E-state index contributed by atoms with van der Waals surface area (Å²) >= 11 is 1.61. The summed E-state index contributed by atoms with van der Waals surface area (Å²) in [5, 5.41) is 2.23. The summed E-state index contributed by atoms with van der Waals surface area (Å²) in [6, 6.07) is 6.44. The quantitative estimate of drug-likeness (QED) is 0.364. The van der Waals surface area contributed by atoms with Crippen molar-refractivity contribution in [1.29, 1.82) is 0 Å². The van der Waals surface area contributed by atoms with Gasteiger partial charge in [0.15, 0.2) is 0 Å². The smallest absolute Gasteiger partial charge is 0.355 e. The third-order valence-corrected chi connectivity index (χ3v) is 4.64. The van der Waals surface area contributed by atoms with Gasteiger partial charge in [0.25, 0.3) is 0 Å². The maximum Gasteiger partial charge on any atom is 0.355 e. The first-order valence-corrected chi connectivity index (χ1v) is 8.43. The van der Waals surface area contributed by atoms with Crippen molar-refractivity contribution in [3.63, 3.8) is 0 Å². The van der Waals surface area contributed by atoms with E-state index in [9.17, 15) is 4.79 Å². The Bertz CT molecular complexity index is 752. The SMILES string of the molecule is CCOC(=O)/C(N)=C/N(N)Cc1nc2ccc(C3CC3)cc2s1. The highest BCUT2D eigenvalue weighted by atomic mass is 32.1. The number of carbonyl (C=O) groups excluding carboxylic acids is 1. The van der Waals surface area contributed by atoms with Gasteiger partial charge in [-0.05, 0) is 43.4 Å². The molecule has 3 rings (SSSR count). The van der Waals surface area contributed by atoms with Gasteiger partial charge in [-0.2, -0.15) is 0 Å². The van der Waals surface area contributed by atoms with E-state index in [0.717, 1.165) is 16.4 Å². The minimum absolute atomic E-state index is 0.0218. The molecule has 0 amide bonds. The van der Waals surface area contributed by atoms with Crippen molar-refractivity contribution in [2.45, 2.75) is 32.2 Å². The molecule has 0 unspecified atom stereocenters. The number of hydrazine groups is 1. The van der Waals surface area contributed by atoms with Gasteiger partial charge < -0.3 is 15.5 Å². The molecular formula is C16H20N4O2S. The fourth-order valence-corrected chi connectivity index (χ4v) is 3.40. The van der Waals surface area contributed by atoms with Crippen molar-refractivity contribution in [1.82, 2.24) is 9.99 Å². The zero-order valence-corrected chi connectivity index (χ0v) is 13.8. The van der Waals surface area contributed by atoms with E-state index in [1.54, 1.807) is 18.3 Å². The van der Waals surface area contributed by atoms with E-state index < -0.39 is 5.97 Å². The second-order valence-corrected chi connectivity index (χ2v) is 6.70. The molecule has 0 atom stereocenters. The number of carbonyl (C=O) groups is 1. The Labute approximate surface area is 138 Å². The van der Waals surface area contributed by atoms with E-state index in [1.807, 2.05) is 0 Å². The Morgan fingerprint density at radius 2 is 2.30 bits per heavy atom. The van der Waals surface area contributed by atoms with Gasteiger partial charge in [-0.15, -0.1) is 11.3 Å². The van der Waals surface area contributed by atoms with Crippen molar-refractivity contribution in [2.75, 3.05) is 6.61 Å². The molecule has 1 fully saturated rings. The van der Waals surface area contributed by atoms with Crippen molar-refractivity contribution in [3.05, 3.63) is 40.7 Å². The monoisotopic (exact) mass is 332 g/mol. The van der Waals surface area contributed by atoms with Gasteiger partial charge in [0.05, 0.1) is 23.4 Å². The second kappa shape index (κ2) is 6.55. The van der Waals surface area contributed by atoms with E-state index in [2.05, 4.69) is 23.2 Å². The average Bonchev–Trinajstić information content (AvgIpc) is 3.27. The van der Waals surface area contributed by atoms with Crippen LogP contribution < -0.4 is 11.6 Å². The minimum Gasteiger partial charge on any atom is -0.461 e. The van der Waals surface area contributed by atoms with Gasteiger partial charge in [0.2, 0.25) is 0 Å². The molecule has 1 aliphatic carbocycles. The lowest BCUT2D eigenvalue weighted by Crippen LogP contribution is -2.28. The first-order valence-electron chi connectivity index (χ1n) is 7.62. The first-order chi connectivity index (χ1) is 11.1. The third kappa shape index (κ3) is 3.80. The molecule has 122 valence electrons. The largest absolute Gasteiger partial charge is 0.461 e. The Morgan fingerprint density at radius 3 is 3.00 bits per heavy atom. The zero-order valence-electron chi connectivity index (χ0n) is 13.0.